The van der Waals surface area contributed by atoms with Crippen molar-refractivity contribution in [2.24, 2.45) is 11.8 Å². The fourth-order valence-electron chi connectivity index (χ4n) is 4.03. The van der Waals surface area contributed by atoms with Gasteiger partial charge < -0.3 is 10.4 Å². The van der Waals surface area contributed by atoms with Gasteiger partial charge in [0.05, 0.1) is 5.92 Å². The second-order valence-electron chi connectivity index (χ2n) is 7.26. The first-order valence-corrected chi connectivity index (χ1v) is 9.14. The molecule has 3 rings (SSSR count). The number of carboxylic acids is 1. The quantitative estimate of drug-likeness (QED) is 0.850. The van der Waals surface area contributed by atoms with Gasteiger partial charge in [0.25, 0.3) is 0 Å². The Bertz CT molecular complexity index is 610. The molecule has 2 fully saturated rings. The Kier molecular flexibility index (Phi) is 5.14. The normalized spacial score (nSPS) is 25.5. The first-order chi connectivity index (χ1) is 11.5. The molecule has 0 aromatic heterocycles. The molecule has 24 heavy (non-hydrogen) atoms. The van der Waals surface area contributed by atoms with E-state index in [1.807, 2.05) is 12.1 Å². The predicted molar refractivity (Wildman–Crippen MR) is 93.1 cm³/mol. The van der Waals surface area contributed by atoms with Crippen molar-refractivity contribution in [2.45, 2.75) is 50.4 Å². The summed E-state index contributed by atoms with van der Waals surface area (Å²) < 4.78 is 0. The van der Waals surface area contributed by atoms with Gasteiger partial charge in [0, 0.05) is 22.9 Å². The zero-order chi connectivity index (χ0) is 17.2. The van der Waals surface area contributed by atoms with Gasteiger partial charge in [-0.1, -0.05) is 36.6 Å². The van der Waals surface area contributed by atoms with E-state index in [9.17, 15) is 14.7 Å². The molecule has 2 unspecified atom stereocenters. The van der Waals surface area contributed by atoms with E-state index >= 15 is 0 Å². The van der Waals surface area contributed by atoms with E-state index in [-0.39, 0.29) is 23.2 Å². The van der Waals surface area contributed by atoms with Gasteiger partial charge in [0.2, 0.25) is 5.91 Å². The van der Waals surface area contributed by atoms with Gasteiger partial charge in [0.15, 0.2) is 0 Å². The van der Waals surface area contributed by atoms with Crippen molar-refractivity contribution in [1.82, 2.24) is 5.32 Å². The largest absolute Gasteiger partial charge is 0.481 e. The van der Waals surface area contributed by atoms with E-state index < -0.39 is 5.97 Å². The lowest BCUT2D eigenvalue weighted by Crippen LogP contribution is -2.47. The monoisotopic (exact) mass is 349 g/mol. The lowest BCUT2D eigenvalue weighted by Gasteiger charge is -2.43. The number of nitrogens with one attached hydrogen (secondary N) is 1. The Labute approximate surface area is 147 Å². The number of carboxylic acid groups (broad SMARTS) is 1. The molecule has 2 atom stereocenters. The van der Waals surface area contributed by atoms with E-state index in [0.717, 1.165) is 30.7 Å². The maximum atomic E-state index is 12.5. The van der Waals surface area contributed by atoms with Crippen LogP contribution in [0.1, 0.15) is 50.5 Å². The number of benzene rings is 1. The van der Waals surface area contributed by atoms with Crippen molar-refractivity contribution in [3.63, 3.8) is 0 Å². The molecule has 0 bridgehead atoms. The number of carbonyl (C=O) groups excluding carboxylic acids is 1. The second kappa shape index (κ2) is 7.14. The summed E-state index contributed by atoms with van der Waals surface area (Å²) in [4.78, 5) is 23.7. The van der Waals surface area contributed by atoms with Gasteiger partial charge >= 0.3 is 5.97 Å². The number of aliphatic carboxylic acids is 1. The van der Waals surface area contributed by atoms with Crippen LogP contribution in [-0.2, 0) is 15.0 Å². The fourth-order valence-corrected chi connectivity index (χ4v) is 4.15. The number of hydrogen-bond acceptors (Lipinski definition) is 2. The lowest BCUT2D eigenvalue weighted by atomic mass is 9.64. The standard InChI is InChI=1S/C19H24ClNO3/c20-16-7-5-15(6-8-16)19(9-2-10-19)12-21-17(22)13-3-1-4-14(11-13)18(23)24/h5-8,13-14H,1-4,9-12H2,(H,21,22)(H,23,24). The molecule has 1 amide bonds. The second-order valence-corrected chi connectivity index (χ2v) is 7.69. The van der Waals surface area contributed by atoms with E-state index in [4.69, 9.17) is 11.6 Å². The molecule has 0 aliphatic heterocycles. The van der Waals surface area contributed by atoms with Gasteiger partial charge in [-0.3, -0.25) is 9.59 Å². The van der Waals surface area contributed by atoms with Gasteiger partial charge in [-0.25, -0.2) is 0 Å². The summed E-state index contributed by atoms with van der Waals surface area (Å²) in [6.45, 7) is 0.627. The summed E-state index contributed by atoms with van der Waals surface area (Å²) in [6.07, 6.45) is 6.07. The molecule has 2 aliphatic rings. The van der Waals surface area contributed by atoms with Gasteiger partial charge in [-0.2, -0.15) is 0 Å². The molecule has 2 aliphatic carbocycles. The van der Waals surface area contributed by atoms with Gasteiger partial charge in [-0.05, 0) is 49.8 Å². The minimum Gasteiger partial charge on any atom is -0.481 e. The third kappa shape index (κ3) is 3.59. The molecule has 0 heterocycles. The maximum Gasteiger partial charge on any atom is 0.306 e. The average molecular weight is 350 g/mol. The molecular formula is C19H24ClNO3. The van der Waals surface area contributed by atoms with Crippen LogP contribution in [0.25, 0.3) is 0 Å². The molecule has 1 aromatic rings. The fraction of sp³-hybridized carbons (Fsp3) is 0.579. The van der Waals surface area contributed by atoms with E-state index in [0.29, 0.717) is 19.4 Å². The van der Waals surface area contributed by atoms with Crippen LogP contribution in [0.15, 0.2) is 24.3 Å². The third-order valence-corrected chi connectivity index (χ3v) is 6.01. The van der Waals surface area contributed by atoms with E-state index in [1.54, 1.807) is 0 Å². The molecule has 0 spiro atoms. The van der Waals surface area contributed by atoms with Crippen LogP contribution in [0.3, 0.4) is 0 Å². The molecule has 0 saturated heterocycles. The predicted octanol–water partition coefficient (Wildman–Crippen LogP) is 3.77. The van der Waals surface area contributed by atoms with Crippen LogP contribution in [0.5, 0.6) is 0 Å². The smallest absolute Gasteiger partial charge is 0.306 e. The van der Waals surface area contributed by atoms with Crippen LogP contribution in [0, 0.1) is 11.8 Å². The molecule has 0 radical (unpaired) electrons. The summed E-state index contributed by atoms with van der Waals surface area (Å²) in [5.74, 6) is -1.30. The Morgan fingerprint density at radius 2 is 1.79 bits per heavy atom. The zero-order valence-electron chi connectivity index (χ0n) is 13.8. The van der Waals surface area contributed by atoms with Crippen LogP contribution in [0.2, 0.25) is 5.02 Å². The van der Waals surface area contributed by atoms with Crippen molar-refractivity contribution >= 4 is 23.5 Å². The first kappa shape index (κ1) is 17.3. The highest BCUT2D eigenvalue weighted by molar-refractivity contribution is 6.30. The maximum absolute atomic E-state index is 12.5. The summed E-state index contributed by atoms with van der Waals surface area (Å²) >= 11 is 5.97. The number of rotatable bonds is 5. The zero-order valence-corrected chi connectivity index (χ0v) is 14.5. The van der Waals surface area contributed by atoms with Crippen LogP contribution >= 0.6 is 11.6 Å². The summed E-state index contributed by atoms with van der Waals surface area (Å²) in [7, 11) is 0. The number of carbonyl (C=O) groups is 2. The van der Waals surface area contributed by atoms with Crippen molar-refractivity contribution in [2.75, 3.05) is 6.54 Å². The molecule has 5 heteroatoms. The van der Waals surface area contributed by atoms with E-state index in [2.05, 4.69) is 17.4 Å². The molecule has 4 nitrogen and oxygen atoms in total. The number of amides is 1. The van der Waals surface area contributed by atoms with Crippen molar-refractivity contribution in [1.29, 1.82) is 0 Å². The minimum absolute atomic E-state index is 0.0150. The molecule has 130 valence electrons. The van der Waals surface area contributed by atoms with Gasteiger partial charge in [0.1, 0.15) is 0 Å². The lowest BCUT2D eigenvalue weighted by molar-refractivity contribution is -0.144. The first-order valence-electron chi connectivity index (χ1n) is 8.77. The van der Waals surface area contributed by atoms with Crippen molar-refractivity contribution < 1.29 is 14.7 Å². The third-order valence-electron chi connectivity index (χ3n) is 5.76. The minimum atomic E-state index is -0.774. The van der Waals surface area contributed by atoms with Crippen LogP contribution < -0.4 is 5.32 Å². The molecule has 2 saturated carbocycles. The highest BCUT2D eigenvalue weighted by atomic mass is 35.5. The van der Waals surface area contributed by atoms with Crippen molar-refractivity contribution in [3.8, 4) is 0 Å². The Morgan fingerprint density at radius 1 is 1.12 bits per heavy atom. The van der Waals surface area contributed by atoms with Gasteiger partial charge in [-0.15, -0.1) is 0 Å². The Morgan fingerprint density at radius 3 is 2.38 bits per heavy atom. The summed E-state index contributed by atoms with van der Waals surface area (Å²) in [6, 6.07) is 7.90. The summed E-state index contributed by atoms with van der Waals surface area (Å²) in [5.41, 5.74) is 1.24. The topological polar surface area (TPSA) is 66.4 Å². The molecule has 1 aromatic carbocycles. The Balaban J connectivity index is 1.60. The van der Waals surface area contributed by atoms with Crippen molar-refractivity contribution in [3.05, 3.63) is 34.9 Å². The SMILES string of the molecule is O=C(O)C1CCCC(C(=O)NCC2(c3ccc(Cl)cc3)CCC2)C1. The average Bonchev–Trinajstić information content (AvgIpc) is 2.55. The highest BCUT2D eigenvalue weighted by Crippen LogP contribution is 2.43. The Hall–Kier alpha value is -1.55. The number of hydrogen-bond donors (Lipinski definition) is 2. The van der Waals surface area contributed by atoms with Crippen LogP contribution in [0.4, 0.5) is 0 Å². The highest BCUT2D eigenvalue weighted by Gasteiger charge is 2.39. The molecular weight excluding hydrogens is 326 g/mol. The van der Waals surface area contributed by atoms with E-state index in [1.165, 1.54) is 12.0 Å². The molecule has 2 N–H and O–H groups in total. The summed E-state index contributed by atoms with van der Waals surface area (Å²) in [5, 5.41) is 13.0. The number of halogens is 1. The van der Waals surface area contributed by atoms with Crippen LogP contribution in [-0.4, -0.2) is 23.5 Å².